The summed E-state index contributed by atoms with van der Waals surface area (Å²) < 4.78 is 10.3. The van der Waals surface area contributed by atoms with Gasteiger partial charge in [-0.3, -0.25) is 4.79 Å². The number of carbonyl (C=O) groups excluding carboxylic acids is 2. The van der Waals surface area contributed by atoms with E-state index in [2.05, 4.69) is 5.32 Å². The fraction of sp³-hybridized carbons (Fsp3) is 0.556. The van der Waals surface area contributed by atoms with Crippen molar-refractivity contribution in [2.75, 3.05) is 6.61 Å². The molecule has 1 heterocycles. The number of hydrogen-bond acceptors (Lipinski definition) is 9. The standard InChI is InChI=1S/C18H25NO9/c1-10(21)19-14-12(22)7-18(26,28-16(14)15(24)13(23)8-20)17(25)27-9-11-5-3-2-4-6-11/h2-6,12-16,20,22-24,26H,7-9H2,1H3,(H,19,21)/t12-,13+,14+,15+,16+,18-/m0/s1. The van der Waals surface area contributed by atoms with E-state index in [0.717, 1.165) is 6.92 Å². The van der Waals surface area contributed by atoms with E-state index in [1.54, 1.807) is 30.3 Å². The highest BCUT2D eigenvalue weighted by Gasteiger charge is 2.54. The lowest BCUT2D eigenvalue weighted by molar-refractivity contribution is -0.297. The largest absolute Gasteiger partial charge is 0.457 e. The molecule has 1 aliphatic rings. The van der Waals surface area contributed by atoms with Crippen molar-refractivity contribution in [3.8, 4) is 0 Å². The highest BCUT2D eigenvalue weighted by atomic mass is 16.7. The minimum Gasteiger partial charge on any atom is -0.457 e. The van der Waals surface area contributed by atoms with Gasteiger partial charge in [0, 0.05) is 13.3 Å². The summed E-state index contributed by atoms with van der Waals surface area (Å²) in [5.74, 6) is -4.39. The van der Waals surface area contributed by atoms with Gasteiger partial charge < -0.3 is 40.3 Å². The average Bonchev–Trinajstić information content (AvgIpc) is 2.67. The maximum atomic E-state index is 12.4. The van der Waals surface area contributed by atoms with Crippen molar-refractivity contribution in [3.63, 3.8) is 0 Å². The van der Waals surface area contributed by atoms with Gasteiger partial charge in [0.25, 0.3) is 5.79 Å². The minimum atomic E-state index is -2.62. The Morgan fingerprint density at radius 3 is 2.54 bits per heavy atom. The van der Waals surface area contributed by atoms with E-state index < -0.39 is 61.1 Å². The average molecular weight is 399 g/mol. The van der Waals surface area contributed by atoms with Gasteiger partial charge in [0.05, 0.1) is 18.8 Å². The summed E-state index contributed by atoms with van der Waals surface area (Å²) in [6.07, 6.45) is -7.24. The summed E-state index contributed by atoms with van der Waals surface area (Å²) >= 11 is 0. The molecule has 156 valence electrons. The van der Waals surface area contributed by atoms with Crippen LogP contribution in [0.3, 0.4) is 0 Å². The number of aliphatic hydroxyl groups is 5. The molecule has 6 atom stereocenters. The Morgan fingerprint density at radius 2 is 1.96 bits per heavy atom. The monoisotopic (exact) mass is 399 g/mol. The molecule has 1 aromatic rings. The molecule has 0 radical (unpaired) electrons. The van der Waals surface area contributed by atoms with Crippen LogP contribution in [0.5, 0.6) is 0 Å². The Labute approximate surface area is 161 Å². The first-order chi connectivity index (χ1) is 13.2. The SMILES string of the molecule is CC(=O)N[C@H]1[C@H]([C@H](O)[C@H](O)CO)O[C@](O)(C(=O)OCc2ccccc2)C[C@@H]1O. The van der Waals surface area contributed by atoms with Gasteiger partial charge in [0.2, 0.25) is 5.91 Å². The Kier molecular flexibility index (Phi) is 7.47. The Hall–Kier alpha value is -2.08. The predicted molar refractivity (Wildman–Crippen MR) is 93.4 cm³/mol. The number of benzene rings is 1. The van der Waals surface area contributed by atoms with Crippen LogP contribution in [0.15, 0.2) is 30.3 Å². The van der Waals surface area contributed by atoms with E-state index in [0.29, 0.717) is 5.56 Å². The molecule has 0 bridgehead atoms. The molecule has 10 heteroatoms. The van der Waals surface area contributed by atoms with E-state index in [1.807, 2.05) is 0 Å². The lowest BCUT2D eigenvalue weighted by atomic mass is 9.88. The zero-order valence-electron chi connectivity index (χ0n) is 15.3. The number of ether oxygens (including phenoxy) is 2. The minimum absolute atomic E-state index is 0.164. The van der Waals surface area contributed by atoms with Gasteiger partial charge in [-0.15, -0.1) is 0 Å². The number of aliphatic hydroxyl groups excluding tert-OH is 4. The topological polar surface area (TPSA) is 166 Å². The fourth-order valence-corrected chi connectivity index (χ4v) is 2.97. The van der Waals surface area contributed by atoms with E-state index in [9.17, 15) is 30.0 Å². The highest BCUT2D eigenvalue weighted by Crippen LogP contribution is 2.31. The third kappa shape index (κ3) is 5.25. The Balaban J connectivity index is 2.17. The number of hydrogen-bond donors (Lipinski definition) is 6. The van der Waals surface area contributed by atoms with Crippen LogP contribution in [0.2, 0.25) is 0 Å². The summed E-state index contributed by atoms with van der Waals surface area (Å²) in [6, 6.07) is 7.41. The van der Waals surface area contributed by atoms with E-state index in [1.165, 1.54) is 0 Å². The third-order valence-corrected chi connectivity index (χ3v) is 4.40. The van der Waals surface area contributed by atoms with Gasteiger partial charge in [-0.05, 0) is 5.56 Å². The van der Waals surface area contributed by atoms with Gasteiger partial charge in [0.15, 0.2) is 0 Å². The molecule has 2 rings (SSSR count). The van der Waals surface area contributed by atoms with Crippen molar-refractivity contribution in [2.45, 2.75) is 56.2 Å². The molecule has 28 heavy (non-hydrogen) atoms. The van der Waals surface area contributed by atoms with E-state index in [-0.39, 0.29) is 6.61 Å². The van der Waals surface area contributed by atoms with Gasteiger partial charge in [0.1, 0.15) is 24.9 Å². The first kappa shape index (κ1) is 22.2. The zero-order chi connectivity index (χ0) is 20.9. The summed E-state index contributed by atoms with van der Waals surface area (Å²) in [5, 5.41) is 52.2. The summed E-state index contributed by atoms with van der Waals surface area (Å²) in [4.78, 5) is 23.8. The lowest BCUT2D eigenvalue weighted by Gasteiger charge is -2.45. The molecular weight excluding hydrogens is 374 g/mol. The highest BCUT2D eigenvalue weighted by molar-refractivity contribution is 5.78. The molecule has 0 unspecified atom stereocenters. The van der Waals surface area contributed by atoms with Crippen molar-refractivity contribution in [3.05, 3.63) is 35.9 Å². The molecule has 0 saturated carbocycles. The summed E-state index contributed by atoms with van der Waals surface area (Å²) in [7, 11) is 0. The molecule has 1 aliphatic heterocycles. The van der Waals surface area contributed by atoms with Crippen molar-refractivity contribution in [2.24, 2.45) is 0 Å². The fourth-order valence-electron chi connectivity index (χ4n) is 2.97. The Morgan fingerprint density at radius 1 is 1.32 bits per heavy atom. The van der Waals surface area contributed by atoms with Crippen LogP contribution >= 0.6 is 0 Å². The van der Waals surface area contributed by atoms with Crippen LogP contribution in [0, 0.1) is 0 Å². The normalized spacial score (nSPS) is 29.6. The van der Waals surface area contributed by atoms with Gasteiger partial charge in [-0.25, -0.2) is 4.79 Å². The van der Waals surface area contributed by atoms with Crippen molar-refractivity contribution in [1.29, 1.82) is 0 Å². The molecule has 0 spiro atoms. The molecule has 1 fully saturated rings. The van der Waals surface area contributed by atoms with Gasteiger partial charge in [-0.2, -0.15) is 0 Å². The molecule has 1 saturated heterocycles. The molecule has 1 aromatic carbocycles. The van der Waals surface area contributed by atoms with E-state index in [4.69, 9.17) is 14.6 Å². The molecule has 10 nitrogen and oxygen atoms in total. The molecule has 6 N–H and O–H groups in total. The lowest BCUT2D eigenvalue weighted by Crippen LogP contribution is -2.67. The molecule has 0 aliphatic carbocycles. The van der Waals surface area contributed by atoms with Crippen molar-refractivity contribution < 1.29 is 44.6 Å². The molecular formula is C18H25NO9. The second-order valence-corrected chi connectivity index (χ2v) is 6.67. The van der Waals surface area contributed by atoms with Crippen LogP contribution < -0.4 is 5.32 Å². The smallest absolute Gasteiger partial charge is 0.367 e. The van der Waals surface area contributed by atoms with Gasteiger partial charge >= 0.3 is 5.97 Å². The quantitative estimate of drug-likeness (QED) is 0.279. The molecule has 0 aromatic heterocycles. The number of carbonyl (C=O) groups is 2. The van der Waals surface area contributed by atoms with Crippen molar-refractivity contribution in [1.82, 2.24) is 5.32 Å². The first-order valence-electron chi connectivity index (χ1n) is 8.71. The Bertz CT molecular complexity index is 670. The number of amides is 1. The zero-order valence-corrected chi connectivity index (χ0v) is 15.3. The second kappa shape index (κ2) is 9.41. The first-order valence-corrected chi connectivity index (χ1v) is 8.71. The van der Waals surface area contributed by atoms with Crippen LogP contribution in [-0.4, -0.2) is 80.3 Å². The van der Waals surface area contributed by atoms with Gasteiger partial charge in [-0.1, -0.05) is 30.3 Å². The van der Waals surface area contributed by atoms with Crippen LogP contribution in [0.1, 0.15) is 18.9 Å². The number of esters is 1. The molecule has 1 amide bonds. The second-order valence-electron chi connectivity index (χ2n) is 6.67. The third-order valence-electron chi connectivity index (χ3n) is 4.40. The number of rotatable bonds is 7. The van der Waals surface area contributed by atoms with Crippen LogP contribution in [0.4, 0.5) is 0 Å². The van der Waals surface area contributed by atoms with Crippen LogP contribution in [0.25, 0.3) is 0 Å². The summed E-state index contributed by atoms with van der Waals surface area (Å²) in [5.41, 5.74) is 0.652. The maximum Gasteiger partial charge on any atom is 0.367 e. The van der Waals surface area contributed by atoms with Crippen LogP contribution in [-0.2, 0) is 25.7 Å². The van der Waals surface area contributed by atoms with Crippen molar-refractivity contribution >= 4 is 11.9 Å². The predicted octanol–water partition coefficient (Wildman–Crippen LogP) is -2.21. The number of nitrogens with one attached hydrogen (secondary N) is 1. The maximum absolute atomic E-state index is 12.4. The van der Waals surface area contributed by atoms with E-state index >= 15 is 0 Å². The summed E-state index contributed by atoms with van der Waals surface area (Å²) in [6.45, 7) is 0.150.